The molecule has 0 aliphatic heterocycles. The lowest BCUT2D eigenvalue weighted by Gasteiger charge is -2.05. The molecule has 2 aromatic heterocycles. The molecule has 5 nitrogen and oxygen atoms in total. The van der Waals surface area contributed by atoms with Crippen molar-refractivity contribution >= 4 is 39.2 Å². The Labute approximate surface area is 150 Å². The molecule has 0 spiro atoms. The van der Waals surface area contributed by atoms with Crippen molar-refractivity contribution in [2.75, 3.05) is 12.3 Å². The number of carbonyl (C=O) groups excluding carboxylic acids is 1. The van der Waals surface area contributed by atoms with Gasteiger partial charge in [-0.15, -0.1) is 23.1 Å². The molecule has 7 heteroatoms. The van der Waals surface area contributed by atoms with Gasteiger partial charge in [0.1, 0.15) is 10.7 Å². The maximum absolute atomic E-state index is 12.2. The lowest BCUT2D eigenvalue weighted by molar-refractivity contribution is -0.118. The second-order valence-electron chi connectivity index (χ2n) is 5.88. The zero-order valence-corrected chi connectivity index (χ0v) is 16.2. The second-order valence-corrected chi connectivity index (χ2v) is 8.07. The van der Waals surface area contributed by atoms with Crippen molar-refractivity contribution in [1.29, 1.82) is 0 Å². The van der Waals surface area contributed by atoms with Crippen LogP contribution in [0.15, 0.2) is 4.79 Å². The molecule has 2 aromatic rings. The van der Waals surface area contributed by atoms with Gasteiger partial charge in [0.05, 0.1) is 16.9 Å². The molecule has 0 bridgehead atoms. The maximum atomic E-state index is 12.2. The van der Waals surface area contributed by atoms with E-state index in [9.17, 15) is 9.59 Å². The van der Waals surface area contributed by atoms with Crippen LogP contribution in [0.5, 0.6) is 0 Å². The molecule has 2 rings (SSSR count). The fourth-order valence-corrected chi connectivity index (χ4v) is 4.21. The van der Waals surface area contributed by atoms with Gasteiger partial charge in [0.2, 0.25) is 5.91 Å². The summed E-state index contributed by atoms with van der Waals surface area (Å²) in [5.74, 6) is 1.60. The molecule has 24 heavy (non-hydrogen) atoms. The largest absolute Gasteiger partial charge is 0.355 e. The Hall–Kier alpha value is -1.34. The van der Waals surface area contributed by atoms with Gasteiger partial charge in [-0.05, 0) is 25.8 Å². The van der Waals surface area contributed by atoms with Crippen molar-refractivity contribution in [1.82, 2.24) is 15.3 Å². The summed E-state index contributed by atoms with van der Waals surface area (Å²) < 4.78 is 0. The van der Waals surface area contributed by atoms with Crippen LogP contribution in [-0.2, 0) is 10.5 Å². The average Bonchev–Trinajstić information content (AvgIpc) is 2.82. The van der Waals surface area contributed by atoms with E-state index in [1.807, 2.05) is 13.8 Å². The van der Waals surface area contributed by atoms with E-state index in [1.54, 1.807) is 11.3 Å². The monoisotopic (exact) mass is 367 g/mol. The van der Waals surface area contributed by atoms with Gasteiger partial charge in [0.25, 0.3) is 5.56 Å². The van der Waals surface area contributed by atoms with Crippen LogP contribution >= 0.6 is 23.1 Å². The molecule has 0 aromatic carbocycles. The Morgan fingerprint density at radius 3 is 2.83 bits per heavy atom. The number of nitrogens with zero attached hydrogens (tertiary/aromatic N) is 1. The molecule has 0 atom stereocenters. The van der Waals surface area contributed by atoms with Gasteiger partial charge in [-0.1, -0.05) is 26.2 Å². The Balaban J connectivity index is 1.81. The fourth-order valence-electron chi connectivity index (χ4n) is 2.44. The van der Waals surface area contributed by atoms with E-state index in [1.165, 1.54) is 24.6 Å². The number of hydrogen-bond donors (Lipinski definition) is 2. The number of thiophene rings is 1. The Morgan fingerprint density at radius 1 is 1.29 bits per heavy atom. The molecule has 0 saturated heterocycles. The van der Waals surface area contributed by atoms with Gasteiger partial charge in [-0.3, -0.25) is 9.59 Å². The molecule has 1 amide bonds. The third-order valence-corrected chi connectivity index (χ3v) is 5.96. The SMILES string of the molecule is CCCCCCNC(=O)CSCc1nc2sc(C)c(C)c2c(=O)[nH]1. The van der Waals surface area contributed by atoms with Crippen LogP contribution in [-0.4, -0.2) is 28.2 Å². The summed E-state index contributed by atoms with van der Waals surface area (Å²) in [4.78, 5) is 33.2. The van der Waals surface area contributed by atoms with Crippen molar-refractivity contribution < 1.29 is 4.79 Å². The van der Waals surface area contributed by atoms with Crippen LogP contribution in [0.4, 0.5) is 0 Å². The van der Waals surface area contributed by atoms with Crippen molar-refractivity contribution in [2.45, 2.75) is 52.2 Å². The van der Waals surface area contributed by atoms with Crippen LogP contribution < -0.4 is 10.9 Å². The molecule has 0 saturated carbocycles. The van der Waals surface area contributed by atoms with Crippen molar-refractivity contribution in [2.24, 2.45) is 0 Å². The summed E-state index contributed by atoms with van der Waals surface area (Å²) >= 11 is 3.02. The first kappa shape index (κ1) is 19.0. The number of aromatic nitrogens is 2. The number of unbranched alkanes of at least 4 members (excludes halogenated alkanes) is 3. The highest BCUT2D eigenvalue weighted by atomic mass is 32.2. The summed E-state index contributed by atoms with van der Waals surface area (Å²) in [7, 11) is 0. The maximum Gasteiger partial charge on any atom is 0.259 e. The number of rotatable bonds is 9. The first-order chi connectivity index (χ1) is 11.5. The van der Waals surface area contributed by atoms with E-state index < -0.39 is 0 Å². The van der Waals surface area contributed by atoms with E-state index in [4.69, 9.17) is 0 Å². The highest BCUT2D eigenvalue weighted by molar-refractivity contribution is 7.99. The predicted octanol–water partition coefficient (Wildman–Crippen LogP) is 3.53. The third-order valence-electron chi connectivity index (χ3n) is 3.91. The molecule has 0 radical (unpaired) electrons. The molecule has 0 aliphatic carbocycles. The van der Waals surface area contributed by atoms with Crippen molar-refractivity contribution in [3.05, 3.63) is 26.6 Å². The van der Waals surface area contributed by atoms with E-state index >= 15 is 0 Å². The number of hydrogen-bond acceptors (Lipinski definition) is 5. The molecule has 2 heterocycles. The second kappa shape index (κ2) is 9.22. The minimum Gasteiger partial charge on any atom is -0.355 e. The van der Waals surface area contributed by atoms with Gasteiger partial charge >= 0.3 is 0 Å². The minimum atomic E-state index is -0.0853. The summed E-state index contributed by atoms with van der Waals surface area (Å²) in [5, 5.41) is 3.62. The number of aromatic amines is 1. The van der Waals surface area contributed by atoms with Crippen LogP contribution in [0, 0.1) is 13.8 Å². The number of nitrogens with one attached hydrogen (secondary N) is 2. The topological polar surface area (TPSA) is 74.8 Å². The molecule has 2 N–H and O–H groups in total. The van der Waals surface area contributed by atoms with Crippen molar-refractivity contribution in [3.63, 3.8) is 0 Å². The number of fused-ring (bicyclic) bond motifs is 1. The Bertz CT molecular complexity index is 752. The van der Waals surface area contributed by atoms with E-state index in [2.05, 4.69) is 22.2 Å². The van der Waals surface area contributed by atoms with Crippen LogP contribution in [0.25, 0.3) is 10.2 Å². The van der Waals surface area contributed by atoms with Gasteiger partial charge in [-0.25, -0.2) is 4.98 Å². The van der Waals surface area contributed by atoms with E-state index in [0.717, 1.165) is 34.7 Å². The molecule has 0 aliphatic rings. The van der Waals surface area contributed by atoms with Crippen LogP contribution in [0.3, 0.4) is 0 Å². The zero-order valence-electron chi connectivity index (χ0n) is 14.5. The highest BCUT2D eigenvalue weighted by Gasteiger charge is 2.12. The lowest BCUT2D eigenvalue weighted by atomic mass is 10.2. The first-order valence-electron chi connectivity index (χ1n) is 8.36. The zero-order chi connectivity index (χ0) is 17.5. The number of thioether (sulfide) groups is 1. The van der Waals surface area contributed by atoms with Crippen LogP contribution in [0.2, 0.25) is 0 Å². The van der Waals surface area contributed by atoms with Gasteiger partial charge in [-0.2, -0.15) is 0 Å². The van der Waals surface area contributed by atoms with Gasteiger partial charge in [0, 0.05) is 11.4 Å². The van der Waals surface area contributed by atoms with E-state index in [0.29, 0.717) is 22.7 Å². The first-order valence-corrected chi connectivity index (χ1v) is 10.3. The lowest BCUT2D eigenvalue weighted by Crippen LogP contribution is -2.26. The van der Waals surface area contributed by atoms with Gasteiger partial charge < -0.3 is 10.3 Å². The fraction of sp³-hybridized carbons (Fsp3) is 0.588. The molecular formula is C17H25N3O2S2. The summed E-state index contributed by atoms with van der Waals surface area (Å²) in [6.45, 7) is 6.86. The quantitative estimate of drug-likeness (QED) is 0.665. The van der Waals surface area contributed by atoms with Crippen LogP contribution in [0.1, 0.15) is 48.9 Å². The Kier molecular flexibility index (Phi) is 7.30. The van der Waals surface area contributed by atoms with Gasteiger partial charge in [0.15, 0.2) is 0 Å². The highest BCUT2D eigenvalue weighted by Crippen LogP contribution is 2.26. The van der Waals surface area contributed by atoms with Crippen molar-refractivity contribution in [3.8, 4) is 0 Å². The van der Waals surface area contributed by atoms with E-state index in [-0.39, 0.29) is 11.5 Å². The number of H-pyrrole nitrogens is 1. The number of aryl methyl sites for hydroxylation is 2. The summed E-state index contributed by atoms with van der Waals surface area (Å²) in [5.41, 5.74) is 0.920. The molecular weight excluding hydrogens is 342 g/mol. The standard InChI is InChI=1S/C17H25N3O2S2/c1-4-5-6-7-8-18-14(21)10-23-9-13-19-16(22)15-11(2)12(3)24-17(15)20-13/h4-10H2,1-3H3,(H,18,21)(H,19,20,22). The number of carbonyl (C=O) groups is 1. The number of amides is 1. The normalized spacial score (nSPS) is 11.1. The summed E-state index contributed by atoms with van der Waals surface area (Å²) in [6.07, 6.45) is 4.61. The molecule has 132 valence electrons. The minimum absolute atomic E-state index is 0.0442. The summed E-state index contributed by atoms with van der Waals surface area (Å²) in [6, 6.07) is 0. The molecule has 0 fully saturated rings. The predicted molar refractivity (Wildman–Crippen MR) is 103 cm³/mol. The third kappa shape index (κ3) is 5.08. The average molecular weight is 368 g/mol. The Morgan fingerprint density at radius 2 is 2.08 bits per heavy atom. The smallest absolute Gasteiger partial charge is 0.259 e. The molecule has 0 unspecified atom stereocenters.